The summed E-state index contributed by atoms with van der Waals surface area (Å²) in [6.07, 6.45) is 1.08. The lowest BCUT2D eigenvalue weighted by Crippen LogP contribution is -2.31. The molecule has 0 unspecified atom stereocenters. The molecule has 38 heavy (non-hydrogen) atoms. The highest BCUT2D eigenvalue weighted by atomic mass is 19.4. The lowest BCUT2D eigenvalue weighted by atomic mass is 9.88. The van der Waals surface area contributed by atoms with Crippen LogP contribution in [-0.2, 0) is 12.6 Å². The third-order valence-corrected chi connectivity index (χ3v) is 7.12. The first kappa shape index (κ1) is 25.7. The van der Waals surface area contributed by atoms with Gasteiger partial charge in [0.15, 0.2) is 0 Å². The van der Waals surface area contributed by atoms with E-state index in [0.29, 0.717) is 12.1 Å². The van der Waals surface area contributed by atoms with Crippen LogP contribution in [0.5, 0.6) is 0 Å². The zero-order valence-corrected chi connectivity index (χ0v) is 21.2. The number of urea groups is 1. The molecular formula is C28H29F3N6O. The number of carbonyl (C=O) groups excluding carboxylic acids is 1. The van der Waals surface area contributed by atoms with Crippen molar-refractivity contribution in [3.05, 3.63) is 71.7 Å². The Labute approximate surface area is 218 Å². The summed E-state index contributed by atoms with van der Waals surface area (Å²) in [6.45, 7) is 3.72. The number of halogens is 3. The number of hydrogen-bond donors (Lipinski definition) is 3. The van der Waals surface area contributed by atoms with Crippen LogP contribution in [0.2, 0.25) is 0 Å². The van der Waals surface area contributed by atoms with Crippen LogP contribution in [0.25, 0.3) is 22.0 Å². The number of amides is 2. The number of H-pyrrole nitrogens is 1. The second-order valence-electron chi connectivity index (χ2n) is 9.91. The number of hydrogen-bond acceptors (Lipinski definition) is 4. The van der Waals surface area contributed by atoms with Crippen LogP contribution in [-0.4, -0.2) is 46.2 Å². The zero-order valence-electron chi connectivity index (χ0n) is 21.2. The van der Waals surface area contributed by atoms with Gasteiger partial charge in [0.05, 0.1) is 11.8 Å². The normalized spacial score (nSPS) is 15.1. The molecule has 1 aliphatic heterocycles. The van der Waals surface area contributed by atoms with E-state index in [2.05, 4.69) is 30.7 Å². The number of carbonyl (C=O) groups is 1. The van der Waals surface area contributed by atoms with Crippen molar-refractivity contribution in [2.75, 3.05) is 30.8 Å². The fraction of sp³-hybridized carbons (Fsp3) is 0.321. The van der Waals surface area contributed by atoms with Gasteiger partial charge in [-0.15, -0.1) is 0 Å². The van der Waals surface area contributed by atoms with E-state index in [1.54, 1.807) is 24.5 Å². The van der Waals surface area contributed by atoms with Crippen LogP contribution >= 0.6 is 0 Å². The number of nitrogens with zero attached hydrogens (tertiary/aromatic N) is 3. The van der Waals surface area contributed by atoms with Gasteiger partial charge in [0.2, 0.25) is 0 Å². The predicted molar refractivity (Wildman–Crippen MR) is 142 cm³/mol. The number of pyridine rings is 1. The SMILES string of the molecule is Cc1[nH]nc2cncc(-c3ccc(NC(=O)Nc4ccc(CC5CCN(C)CC5)c(C(F)(F)F)c4)cc3)c12. The second-order valence-corrected chi connectivity index (χ2v) is 9.91. The molecule has 1 saturated heterocycles. The minimum Gasteiger partial charge on any atom is -0.308 e. The van der Waals surface area contributed by atoms with Crippen molar-refractivity contribution in [2.45, 2.75) is 32.4 Å². The Hall–Kier alpha value is -3.92. The number of anilines is 2. The monoisotopic (exact) mass is 522 g/mol. The Morgan fingerprint density at radius 3 is 2.45 bits per heavy atom. The maximum Gasteiger partial charge on any atom is 0.416 e. The van der Waals surface area contributed by atoms with E-state index in [-0.39, 0.29) is 17.2 Å². The molecule has 3 N–H and O–H groups in total. The standard InChI is InChI=1S/C28H29F3N6O/c1-17-26-23(15-32-16-25(26)36-35-17)19-3-6-21(7-4-19)33-27(38)34-22-8-5-20(24(14-22)28(29,30)31)13-18-9-11-37(2)12-10-18/h3-8,14-16,18H,9-13H2,1-2H3,(H,35,36)(H2,33,34,38). The van der Waals surface area contributed by atoms with Gasteiger partial charge >= 0.3 is 12.2 Å². The Bertz CT molecular complexity index is 1440. The van der Waals surface area contributed by atoms with Crippen LogP contribution in [0.1, 0.15) is 29.7 Å². The summed E-state index contributed by atoms with van der Waals surface area (Å²) in [5.74, 6) is 0.220. The van der Waals surface area contributed by atoms with Gasteiger partial charge in [0.25, 0.3) is 0 Å². The Balaban J connectivity index is 1.27. The number of fused-ring (bicyclic) bond motifs is 1. The number of alkyl halides is 3. The quantitative estimate of drug-likeness (QED) is 0.280. The number of rotatable bonds is 5. The van der Waals surface area contributed by atoms with Crippen LogP contribution in [0.3, 0.4) is 0 Å². The smallest absolute Gasteiger partial charge is 0.308 e. The van der Waals surface area contributed by atoms with Gasteiger partial charge in [-0.2, -0.15) is 18.3 Å². The molecule has 0 spiro atoms. The minimum absolute atomic E-state index is 0.0896. The van der Waals surface area contributed by atoms with Gasteiger partial charge < -0.3 is 15.5 Å². The van der Waals surface area contributed by atoms with Crippen molar-refractivity contribution >= 4 is 28.3 Å². The van der Waals surface area contributed by atoms with Crippen LogP contribution in [0.4, 0.5) is 29.3 Å². The molecule has 2 amide bonds. The average molecular weight is 523 g/mol. The van der Waals surface area contributed by atoms with Gasteiger partial charge in [0, 0.05) is 34.2 Å². The molecule has 2 aromatic heterocycles. The summed E-state index contributed by atoms with van der Waals surface area (Å²) in [5.41, 5.74) is 3.66. The first-order valence-electron chi connectivity index (χ1n) is 12.5. The summed E-state index contributed by atoms with van der Waals surface area (Å²) in [7, 11) is 2.02. The Morgan fingerprint density at radius 1 is 1.05 bits per heavy atom. The second kappa shape index (κ2) is 10.4. The molecule has 7 nitrogen and oxygen atoms in total. The third kappa shape index (κ3) is 5.65. The van der Waals surface area contributed by atoms with Gasteiger partial charge in [-0.05, 0) is 87.6 Å². The summed E-state index contributed by atoms with van der Waals surface area (Å²) in [4.78, 5) is 19.0. The molecule has 5 rings (SSSR count). The molecule has 0 saturated carbocycles. The fourth-order valence-corrected chi connectivity index (χ4v) is 5.05. The fourth-order valence-electron chi connectivity index (χ4n) is 5.05. The number of aromatic nitrogens is 3. The number of aryl methyl sites for hydroxylation is 1. The zero-order chi connectivity index (χ0) is 26.9. The molecule has 198 valence electrons. The summed E-state index contributed by atoms with van der Waals surface area (Å²) >= 11 is 0. The minimum atomic E-state index is -4.50. The van der Waals surface area contributed by atoms with Crippen LogP contribution in [0, 0.1) is 12.8 Å². The number of nitrogens with one attached hydrogen (secondary N) is 3. The third-order valence-electron chi connectivity index (χ3n) is 7.12. The highest BCUT2D eigenvalue weighted by Gasteiger charge is 2.34. The molecule has 2 aromatic carbocycles. The topological polar surface area (TPSA) is 85.9 Å². The van der Waals surface area contributed by atoms with E-state index < -0.39 is 17.8 Å². The molecule has 3 heterocycles. The molecule has 0 aliphatic carbocycles. The number of aromatic amines is 1. The van der Waals surface area contributed by atoms with Crippen molar-refractivity contribution in [2.24, 2.45) is 5.92 Å². The highest BCUT2D eigenvalue weighted by Crippen LogP contribution is 2.36. The maximum absolute atomic E-state index is 13.9. The van der Waals surface area contributed by atoms with Crippen molar-refractivity contribution in [1.29, 1.82) is 0 Å². The van der Waals surface area contributed by atoms with Crippen molar-refractivity contribution in [3.63, 3.8) is 0 Å². The van der Waals surface area contributed by atoms with Crippen molar-refractivity contribution in [1.82, 2.24) is 20.1 Å². The molecule has 0 atom stereocenters. The van der Waals surface area contributed by atoms with E-state index >= 15 is 0 Å². The number of likely N-dealkylation sites (tertiary alicyclic amines) is 1. The van der Waals surface area contributed by atoms with Crippen molar-refractivity contribution in [3.8, 4) is 11.1 Å². The van der Waals surface area contributed by atoms with Gasteiger partial charge in [-0.1, -0.05) is 18.2 Å². The predicted octanol–water partition coefficient (Wildman–Crippen LogP) is 6.48. The molecular weight excluding hydrogens is 493 g/mol. The van der Waals surface area contributed by atoms with Crippen LogP contribution in [0.15, 0.2) is 54.9 Å². The number of benzene rings is 2. The number of piperidine rings is 1. The lowest BCUT2D eigenvalue weighted by molar-refractivity contribution is -0.138. The molecule has 0 bridgehead atoms. The summed E-state index contributed by atoms with van der Waals surface area (Å²) < 4.78 is 41.6. The van der Waals surface area contributed by atoms with E-state index in [4.69, 9.17) is 0 Å². The maximum atomic E-state index is 13.9. The average Bonchev–Trinajstić information content (AvgIpc) is 3.27. The highest BCUT2D eigenvalue weighted by molar-refractivity contribution is 6.00. The van der Waals surface area contributed by atoms with Gasteiger partial charge in [-0.3, -0.25) is 10.1 Å². The molecule has 4 aromatic rings. The molecule has 1 aliphatic rings. The van der Waals surface area contributed by atoms with E-state index in [0.717, 1.165) is 59.7 Å². The summed E-state index contributed by atoms with van der Waals surface area (Å²) in [6, 6.07) is 10.6. The Morgan fingerprint density at radius 2 is 1.74 bits per heavy atom. The van der Waals surface area contributed by atoms with Gasteiger partial charge in [0.1, 0.15) is 5.52 Å². The molecule has 1 fully saturated rings. The van der Waals surface area contributed by atoms with E-state index in [1.165, 1.54) is 12.1 Å². The first-order valence-corrected chi connectivity index (χ1v) is 12.5. The first-order chi connectivity index (χ1) is 18.2. The lowest BCUT2D eigenvalue weighted by Gasteiger charge is -2.29. The largest absolute Gasteiger partial charge is 0.416 e. The van der Waals surface area contributed by atoms with E-state index in [9.17, 15) is 18.0 Å². The van der Waals surface area contributed by atoms with Crippen LogP contribution < -0.4 is 10.6 Å². The molecule has 0 radical (unpaired) electrons. The molecule has 10 heteroatoms. The van der Waals surface area contributed by atoms with E-state index in [1.807, 2.05) is 26.1 Å². The summed E-state index contributed by atoms with van der Waals surface area (Å²) in [5, 5.41) is 13.4. The van der Waals surface area contributed by atoms with Crippen molar-refractivity contribution < 1.29 is 18.0 Å². The Kier molecular flexibility index (Phi) is 7.07. The van der Waals surface area contributed by atoms with Gasteiger partial charge in [-0.25, -0.2) is 4.79 Å².